The second kappa shape index (κ2) is 9.51. The van der Waals surface area contributed by atoms with Gasteiger partial charge in [-0.25, -0.2) is 4.68 Å². The van der Waals surface area contributed by atoms with Crippen LogP contribution < -0.4 is 5.56 Å². The number of carbonyl (C=O) groups excluding carboxylic acids is 1. The number of aromatic nitrogens is 3. The third-order valence-corrected chi connectivity index (χ3v) is 6.50. The maximum absolute atomic E-state index is 12.8. The van der Waals surface area contributed by atoms with Gasteiger partial charge in [0.05, 0.1) is 12.2 Å². The Kier molecular flexibility index (Phi) is 6.57. The highest BCUT2D eigenvalue weighted by molar-refractivity contribution is 5.79. The standard InChI is InChI=1S/C23H31N5O2/c1-18-4-6-19(7-5-18)23(30)27-14-11-26(12-15-27)13-16-28-22(29)9-8-21(25-28)20-3-2-10-24-17-20/h2-3,8-10,17-19H,4-7,11-16H2,1H3. The molecule has 1 aliphatic heterocycles. The number of hydrogen-bond donors (Lipinski definition) is 0. The van der Waals surface area contributed by atoms with E-state index in [0.717, 1.165) is 62.7 Å². The lowest BCUT2D eigenvalue weighted by molar-refractivity contribution is -0.138. The minimum absolute atomic E-state index is 0.0945. The predicted molar refractivity (Wildman–Crippen MR) is 116 cm³/mol. The van der Waals surface area contributed by atoms with E-state index in [1.165, 1.54) is 17.5 Å². The van der Waals surface area contributed by atoms with Crippen molar-refractivity contribution in [2.24, 2.45) is 11.8 Å². The normalized spacial score (nSPS) is 22.8. The van der Waals surface area contributed by atoms with Crippen molar-refractivity contribution in [3.8, 4) is 11.3 Å². The molecule has 0 aromatic carbocycles. The molecule has 2 fully saturated rings. The third-order valence-electron chi connectivity index (χ3n) is 6.50. The summed E-state index contributed by atoms with van der Waals surface area (Å²) < 4.78 is 1.53. The van der Waals surface area contributed by atoms with Gasteiger partial charge in [0.25, 0.3) is 5.56 Å². The molecule has 7 heteroatoms. The monoisotopic (exact) mass is 409 g/mol. The quantitative estimate of drug-likeness (QED) is 0.758. The molecule has 2 aromatic rings. The second-order valence-electron chi connectivity index (χ2n) is 8.65. The molecule has 0 unspecified atom stereocenters. The molecule has 0 N–H and O–H groups in total. The molecular weight excluding hydrogens is 378 g/mol. The minimum Gasteiger partial charge on any atom is -0.340 e. The lowest BCUT2D eigenvalue weighted by Gasteiger charge is -2.37. The SMILES string of the molecule is CC1CCC(C(=O)N2CCN(CCn3nc(-c4cccnc4)ccc3=O)CC2)CC1. The zero-order valence-electron chi connectivity index (χ0n) is 17.7. The van der Waals surface area contributed by atoms with Crippen LogP contribution in [0.4, 0.5) is 0 Å². The predicted octanol–water partition coefficient (Wildman–Crippen LogP) is 2.28. The first-order valence-corrected chi connectivity index (χ1v) is 11.1. The Labute approximate surface area is 177 Å². The summed E-state index contributed by atoms with van der Waals surface area (Å²) >= 11 is 0. The number of pyridine rings is 1. The number of amides is 1. The molecule has 0 radical (unpaired) electrons. The maximum atomic E-state index is 12.8. The van der Waals surface area contributed by atoms with E-state index in [0.29, 0.717) is 12.5 Å². The van der Waals surface area contributed by atoms with Gasteiger partial charge in [0.15, 0.2) is 0 Å². The fraction of sp³-hybridized carbons (Fsp3) is 0.565. The molecule has 30 heavy (non-hydrogen) atoms. The van der Waals surface area contributed by atoms with Crippen molar-refractivity contribution >= 4 is 5.91 Å². The van der Waals surface area contributed by atoms with Gasteiger partial charge in [0.1, 0.15) is 0 Å². The maximum Gasteiger partial charge on any atom is 0.266 e. The van der Waals surface area contributed by atoms with Crippen molar-refractivity contribution in [3.05, 3.63) is 47.0 Å². The molecule has 2 aliphatic rings. The molecule has 1 saturated heterocycles. The van der Waals surface area contributed by atoms with Gasteiger partial charge < -0.3 is 4.90 Å². The zero-order valence-corrected chi connectivity index (χ0v) is 17.7. The average molecular weight is 410 g/mol. The Morgan fingerprint density at radius 1 is 1.03 bits per heavy atom. The van der Waals surface area contributed by atoms with Gasteiger partial charge in [-0.2, -0.15) is 5.10 Å². The summed E-state index contributed by atoms with van der Waals surface area (Å²) in [6, 6.07) is 7.11. The van der Waals surface area contributed by atoms with Gasteiger partial charge >= 0.3 is 0 Å². The summed E-state index contributed by atoms with van der Waals surface area (Å²) in [7, 11) is 0. The van der Waals surface area contributed by atoms with Crippen LogP contribution in [0, 0.1) is 11.8 Å². The summed E-state index contributed by atoms with van der Waals surface area (Å²) in [5.41, 5.74) is 1.55. The summed E-state index contributed by atoms with van der Waals surface area (Å²) in [6.45, 7) is 6.85. The van der Waals surface area contributed by atoms with Gasteiger partial charge in [-0.3, -0.25) is 19.5 Å². The summed E-state index contributed by atoms with van der Waals surface area (Å²) in [5, 5.41) is 4.51. The fourth-order valence-corrected chi connectivity index (χ4v) is 4.47. The number of carbonyl (C=O) groups is 1. The van der Waals surface area contributed by atoms with Crippen molar-refractivity contribution in [3.63, 3.8) is 0 Å². The highest BCUT2D eigenvalue weighted by atomic mass is 16.2. The first kappa shape index (κ1) is 20.7. The van der Waals surface area contributed by atoms with Crippen LogP contribution in [-0.2, 0) is 11.3 Å². The number of rotatable bonds is 5. The fourth-order valence-electron chi connectivity index (χ4n) is 4.47. The van der Waals surface area contributed by atoms with E-state index in [2.05, 4.69) is 21.9 Å². The van der Waals surface area contributed by atoms with Crippen LogP contribution in [0.25, 0.3) is 11.3 Å². The third kappa shape index (κ3) is 4.95. The number of hydrogen-bond acceptors (Lipinski definition) is 5. The summed E-state index contributed by atoms with van der Waals surface area (Å²) in [5.74, 6) is 1.34. The topological polar surface area (TPSA) is 71.3 Å². The van der Waals surface area contributed by atoms with E-state index in [4.69, 9.17) is 0 Å². The Morgan fingerprint density at radius 3 is 2.50 bits per heavy atom. The number of nitrogens with zero attached hydrogens (tertiary/aromatic N) is 5. The van der Waals surface area contributed by atoms with Crippen LogP contribution >= 0.6 is 0 Å². The van der Waals surface area contributed by atoms with E-state index >= 15 is 0 Å². The van der Waals surface area contributed by atoms with E-state index in [9.17, 15) is 9.59 Å². The Morgan fingerprint density at radius 2 is 1.80 bits per heavy atom. The molecule has 4 rings (SSSR count). The van der Waals surface area contributed by atoms with Gasteiger partial charge in [-0.05, 0) is 49.8 Å². The Hall–Kier alpha value is -2.54. The van der Waals surface area contributed by atoms with E-state index in [1.807, 2.05) is 17.0 Å². The van der Waals surface area contributed by atoms with Crippen molar-refractivity contribution < 1.29 is 4.79 Å². The molecule has 1 amide bonds. The lowest BCUT2D eigenvalue weighted by Crippen LogP contribution is -2.51. The van der Waals surface area contributed by atoms with Crippen molar-refractivity contribution in [2.75, 3.05) is 32.7 Å². The highest BCUT2D eigenvalue weighted by Crippen LogP contribution is 2.29. The van der Waals surface area contributed by atoms with Crippen molar-refractivity contribution in [1.82, 2.24) is 24.6 Å². The summed E-state index contributed by atoms with van der Waals surface area (Å²) in [6.07, 6.45) is 7.91. The Bertz CT molecular complexity index is 897. The first-order valence-electron chi connectivity index (χ1n) is 11.1. The van der Waals surface area contributed by atoms with Crippen molar-refractivity contribution in [2.45, 2.75) is 39.2 Å². The molecule has 3 heterocycles. The molecular formula is C23H31N5O2. The minimum atomic E-state index is -0.0945. The molecule has 1 aliphatic carbocycles. The van der Waals surface area contributed by atoms with Gasteiger partial charge in [0.2, 0.25) is 5.91 Å². The molecule has 160 valence electrons. The molecule has 1 saturated carbocycles. The van der Waals surface area contributed by atoms with E-state index in [1.54, 1.807) is 24.5 Å². The van der Waals surface area contributed by atoms with Crippen LogP contribution in [-0.4, -0.2) is 63.2 Å². The zero-order chi connectivity index (χ0) is 20.9. The summed E-state index contributed by atoms with van der Waals surface area (Å²) in [4.78, 5) is 33.5. The first-order chi connectivity index (χ1) is 14.6. The smallest absolute Gasteiger partial charge is 0.266 e. The van der Waals surface area contributed by atoms with Crippen LogP contribution in [0.5, 0.6) is 0 Å². The van der Waals surface area contributed by atoms with E-state index in [-0.39, 0.29) is 11.5 Å². The molecule has 0 spiro atoms. The van der Waals surface area contributed by atoms with Crippen LogP contribution in [0.3, 0.4) is 0 Å². The molecule has 2 aromatic heterocycles. The van der Waals surface area contributed by atoms with Crippen LogP contribution in [0.1, 0.15) is 32.6 Å². The Balaban J connectivity index is 1.29. The van der Waals surface area contributed by atoms with Gasteiger partial charge in [0, 0.05) is 62.7 Å². The number of piperazine rings is 1. The largest absolute Gasteiger partial charge is 0.340 e. The van der Waals surface area contributed by atoms with Gasteiger partial charge in [-0.1, -0.05) is 6.92 Å². The van der Waals surface area contributed by atoms with Gasteiger partial charge in [-0.15, -0.1) is 0 Å². The molecule has 7 nitrogen and oxygen atoms in total. The van der Waals surface area contributed by atoms with Crippen LogP contribution in [0.2, 0.25) is 0 Å². The van der Waals surface area contributed by atoms with Crippen molar-refractivity contribution in [1.29, 1.82) is 0 Å². The second-order valence-corrected chi connectivity index (χ2v) is 8.65. The highest BCUT2D eigenvalue weighted by Gasteiger charge is 2.29. The molecule has 0 atom stereocenters. The van der Waals surface area contributed by atoms with Crippen LogP contribution in [0.15, 0.2) is 41.5 Å². The average Bonchev–Trinajstić information content (AvgIpc) is 2.79. The van der Waals surface area contributed by atoms with E-state index < -0.39 is 0 Å². The lowest BCUT2D eigenvalue weighted by atomic mass is 9.82. The molecule has 0 bridgehead atoms.